The molecule has 2 aromatic carbocycles. The van der Waals surface area contributed by atoms with Crippen molar-refractivity contribution in [1.82, 2.24) is 0 Å². The van der Waals surface area contributed by atoms with E-state index in [1.165, 1.54) is 0 Å². The fourth-order valence-electron chi connectivity index (χ4n) is 2.57. The highest BCUT2D eigenvalue weighted by Crippen LogP contribution is 2.27. The van der Waals surface area contributed by atoms with Gasteiger partial charge in [0.1, 0.15) is 23.9 Å². The van der Waals surface area contributed by atoms with E-state index < -0.39 is 0 Å². The maximum atomic E-state index is 12.2. The first kappa shape index (κ1) is 17.8. The van der Waals surface area contributed by atoms with Gasteiger partial charge in [0.25, 0.3) is 5.91 Å². The highest BCUT2D eigenvalue weighted by Gasteiger charge is 2.10. The number of hydrogen-bond donors (Lipinski definition) is 2. The lowest BCUT2D eigenvalue weighted by atomic mass is 10.1. The molecule has 2 N–H and O–H groups in total. The molecule has 5 nitrogen and oxygen atoms in total. The summed E-state index contributed by atoms with van der Waals surface area (Å²) in [5.74, 6) is 1.57. The van der Waals surface area contributed by atoms with Crippen LogP contribution in [0.25, 0.3) is 11.3 Å². The van der Waals surface area contributed by atoms with Crippen LogP contribution < -0.4 is 10.1 Å². The largest absolute Gasteiger partial charge is 0.484 e. The SMILES string of the molecule is Cc1cccc(OCC(=O)Nc2cc(-c3ccc(CO)o3)ccc2C)c1. The third-order valence-electron chi connectivity index (χ3n) is 3.97. The zero-order valence-electron chi connectivity index (χ0n) is 14.8. The number of aliphatic hydroxyl groups excluding tert-OH is 1. The van der Waals surface area contributed by atoms with Crippen molar-refractivity contribution >= 4 is 11.6 Å². The average molecular weight is 351 g/mol. The summed E-state index contributed by atoms with van der Waals surface area (Å²) in [7, 11) is 0. The van der Waals surface area contributed by atoms with Gasteiger partial charge in [0.05, 0.1) is 0 Å². The summed E-state index contributed by atoms with van der Waals surface area (Å²) in [6.07, 6.45) is 0. The quantitative estimate of drug-likeness (QED) is 0.702. The summed E-state index contributed by atoms with van der Waals surface area (Å²) in [6.45, 7) is 3.68. The molecule has 0 aliphatic carbocycles. The van der Waals surface area contributed by atoms with Crippen molar-refractivity contribution in [2.45, 2.75) is 20.5 Å². The third kappa shape index (κ3) is 4.32. The zero-order valence-corrected chi connectivity index (χ0v) is 14.8. The Morgan fingerprint density at radius 2 is 1.96 bits per heavy atom. The van der Waals surface area contributed by atoms with Crippen molar-refractivity contribution < 1.29 is 19.1 Å². The Hall–Kier alpha value is -3.05. The van der Waals surface area contributed by atoms with Crippen molar-refractivity contribution in [3.8, 4) is 17.1 Å². The first-order valence-corrected chi connectivity index (χ1v) is 8.35. The number of rotatable bonds is 6. The van der Waals surface area contributed by atoms with Crippen molar-refractivity contribution in [3.05, 3.63) is 71.5 Å². The number of carbonyl (C=O) groups excluding carboxylic acids is 1. The molecule has 3 rings (SSSR count). The molecule has 0 fully saturated rings. The number of ether oxygens (including phenoxy) is 1. The van der Waals surface area contributed by atoms with Crippen LogP contribution in [0.4, 0.5) is 5.69 Å². The molecule has 0 unspecified atom stereocenters. The Balaban J connectivity index is 1.68. The first-order chi connectivity index (χ1) is 12.5. The number of amides is 1. The van der Waals surface area contributed by atoms with E-state index in [2.05, 4.69) is 5.32 Å². The summed E-state index contributed by atoms with van der Waals surface area (Å²) in [5, 5.41) is 12.0. The topological polar surface area (TPSA) is 71.7 Å². The van der Waals surface area contributed by atoms with Crippen LogP contribution in [0, 0.1) is 13.8 Å². The molecule has 26 heavy (non-hydrogen) atoms. The van der Waals surface area contributed by atoms with Gasteiger partial charge in [0, 0.05) is 11.3 Å². The van der Waals surface area contributed by atoms with E-state index in [1.54, 1.807) is 12.1 Å². The first-order valence-electron chi connectivity index (χ1n) is 8.35. The van der Waals surface area contributed by atoms with Crippen LogP contribution >= 0.6 is 0 Å². The van der Waals surface area contributed by atoms with Gasteiger partial charge in [-0.15, -0.1) is 0 Å². The zero-order chi connectivity index (χ0) is 18.5. The van der Waals surface area contributed by atoms with Gasteiger partial charge in [0.2, 0.25) is 0 Å². The highest BCUT2D eigenvalue weighted by molar-refractivity contribution is 5.93. The molecule has 1 aromatic heterocycles. The number of carbonyl (C=O) groups is 1. The summed E-state index contributed by atoms with van der Waals surface area (Å²) in [4.78, 5) is 12.2. The van der Waals surface area contributed by atoms with Crippen molar-refractivity contribution in [2.24, 2.45) is 0 Å². The van der Waals surface area contributed by atoms with Gasteiger partial charge >= 0.3 is 0 Å². The number of furan rings is 1. The van der Waals surface area contributed by atoms with Crippen LogP contribution in [0.2, 0.25) is 0 Å². The summed E-state index contributed by atoms with van der Waals surface area (Å²) < 4.78 is 11.1. The lowest BCUT2D eigenvalue weighted by molar-refractivity contribution is -0.118. The number of benzene rings is 2. The summed E-state index contributed by atoms with van der Waals surface area (Å²) in [5.41, 5.74) is 3.53. The maximum Gasteiger partial charge on any atom is 0.262 e. The van der Waals surface area contributed by atoms with Crippen LogP contribution in [0.15, 0.2) is 59.0 Å². The van der Waals surface area contributed by atoms with Gasteiger partial charge in [-0.05, 0) is 55.3 Å². The minimum atomic E-state index is -0.234. The molecule has 134 valence electrons. The second-order valence-electron chi connectivity index (χ2n) is 6.11. The highest BCUT2D eigenvalue weighted by atomic mass is 16.5. The molecule has 0 saturated carbocycles. The predicted molar refractivity (Wildman–Crippen MR) is 100 cm³/mol. The smallest absolute Gasteiger partial charge is 0.262 e. The van der Waals surface area contributed by atoms with Gasteiger partial charge in [-0.1, -0.05) is 24.3 Å². The van der Waals surface area contributed by atoms with E-state index in [1.807, 2.05) is 56.3 Å². The molecule has 0 bridgehead atoms. The standard InChI is InChI=1S/C21H21NO4/c1-14-4-3-5-17(10-14)25-13-21(24)22-19-11-16(7-6-15(19)2)20-9-8-18(12-23)26-20/h3-11,23H,12-13H2,1-2H3,(H,22,24). The molecule has 0 aliphatic heterocycles. The molecular weight excluding hydrogens is 330 g/mol. The summed E-state index contributed by atoms with van der Waals surface area (Å²) >= 11 is 0. The van der Waals surface area contributed by atoms with E-state index in [9.17, 15) is 4.79 Å². The second kappa shape index (κ2) is 7.89. The van der Waals surface area contributed by atoms with Crippen molar-refractivity contribution in [1.29, 1.82) is 0 Å². The van der Waals surface area contributed by atoms with Crippen LogP contribution in [0.3, 0.4) is 0 Å². The Morgan fingerprint density at radius 1 is 1.12 bits per heavy atom. The molecule has 1 amide bonds. The molecule has 1 heterocycles. The number of aliphatic hydroxyl groups is 1. The van der Waals surface area contributed by atoms with E-state index in [4.69, 9.17) is 14.3 Å². The number of nitrogens with one attached hydrogen (secondary N) is 1. The monoisotopic (exact) mass is 351 g/mol. The number of aryl methyl sites for hydroxylation is 2. The molecule has 0 saturated heterocycles. The van der Waals surface area contributed by atoms with Gasteiger partial charge in [-0.25, -0.2) is 0 Å². The van der Waals surface area contributed by atoms with Gasteiger partial charge in [-0.2, -0.15) is 0 Å². The third-order valence-corrected chi connectivity index (χ3v) is 3.97. The Labute approximate surface area is 152 Å². The van der Waals surface area contributed by atoms with Gasteiger partial charge in [-0.3, -0.25) is 4.79 Å². The van der Waals surface area contributed by atoms with Crippen LogP contribution in [-0.2, 0) is 11.4 Å². The fourth-order valence-corrected chi connectivity index (χ4v) is 2.57. The van der Waals surface area contributed by atoms with E-state index in [0.717, 1.165) is 16.7 Å². The minimum Gasteiger partial charge on any atom is -0.484 e. The number of hydrogen-bond acceptors (Lipinski definition) is 4. The molecule has 0 spiro atoms. The lowest BCUT2D eigenvalue weighted by Crippen LogP contribution is -2.20. The Bertz CT molecular complexity index is 914. The van der Waals surface area contributed by atoms with Crippen LogP contribution in [0.1, 0.15) is 16.9 Å². The Kier molecular flexibility index (Phi) is 5.39. The van der Waals surface area contributed by atoms with Crippen LogP contribution in [-0.4, -0.2) is 17.6 Å². The van der Waals surface area contributed by atoms with E-state index in [0.29, 0.717) is 23.0 Å². The van der Waals surface area contributed by atoms with E-state index in [-0.39, 0.29) is 19.1 Å². The molecule has 0 aliphatic rings. The van der Waals surface area contributed by atoms with Crippen molar-refractivity contribution in [2.75, 3.05) is 11.9 Å². The average Bonchev–Trinajstić information content (AvgIpc) is 3.11. The van der Waals surface area contributed by atoms with E-state index >= 15 is 0 Å². The normalized spacial score (nSPS) is 10.6. The summed E-state index contributed by atoms with van der Waals surface area (Å²) in [6, 6.07) is 16.8. The molecule has 0 radical (unpaired) electrons. The fraction of sp³-hybridized carbons (Fsp3) is 0.190. The molecule has 3 aromatic rings. The molecular formula is C21H21NO4. The predicted octanol–water partition coefficient (Wildman–Crippen LogP) is 4.07. The lowest BCUT2D eigenvalue weighted by Gasteiger charge is -2.11. The molecule has 5 heteroatoms. The second-order valence-corrected chi connectivity index (χ2v) is 6.11. The molecule has 0 atom stereocenters. The van der Waals surface area contributed by atoms with Gasteiger partial charge in [0.15, 0.2) is 6.61 Å². The maximum absolute atomic E-state index is 12.2. The minimum absolute atomic E-state index is 0.0669. The van der Waals surface area contributed by atoms with Crippen LogP contribution in [0.5, 0.6) is 5.75 Å². The van der Waals surface area contributed by atoms with Gasteiger partial charge < -0.3 is 19.6 Å². The Morgan fingerprint density at radius 3 is 2.69 bits per heavy atom. The number of anilines is 1. The van der Waals surface area contributed by atoms with Crippen molar-refractivity contribution in [3.63, 3.8) is 0 Å².